The minimum atomic E-state index is 0.147. The van der Waals surface area contributed by atoms with Gasteiger partial charge in [-0.1, -0.05) is 57.2 Å². The molecule has 24 heavy (non-hydrogen) atoms. The third kappa shape index (κ3) is 5.06. The molecule has 0 amide bonds. The van der Waals surface area contributed by atoms with E-state index in [1.807, 2.05) is 36.4 Å². The van der Waals surface area contributed by atoms with Crippen LogP contribution in [-0.4, -0.2) is 18.4 Å². The molecule has 0 fully saturated rings. The standard InChI is InChI=1S/C19H23N3OS/c1-19(2,3)15-11-9-14(10-12-15)13-20-22-18(24)21-16-7-5-6-8-17(16)23-4/h5-13H,1-4H3,(H2,21,22,24). The first kappa shape index (κ1) is 17.9. The van der Waals surface area contributed by atoms with Crippen molar-refractivity contribution in [2.75, 3.05) is 12.4 Å². The SMILES string of the molecule is COc1ccccc1NC(=S)NN=Cc1ccc(C(C)(C)C)cc1. The summed E-state index contributed by atoms with van der Waals surface area (Å²) in [6.07, 6.45) is 1.74. The van der Waals surface area contributed by atoms with E-state index in [2.05, 4.69) is 48.7 Å². The average Bonchev–Trinajstić information content (AvgIpc) is 2.55. The number of benzene rings is 2. The number of thiocarbonyl (C=S) groups is 1. The van der Waals surface area contributed by atoms with Crippen molar-refractivity contribution in [3.05, 3.63) is 59.7 Å². The molecule has 0 aliphatic rings. The van der Waals surface area contributed by atoms with E-state index in [9.17, 15) is 0 Å². The smallest absolute Gasteiger partial charge is 0.191 e. The molecule has 4 nitrogen and oxygen atoms in total. The van der Waals surface area contributed by atoms with Crippen molar-refractivity contribution < 1.29 is 4.74 Å². The minimum Gasteiger partial charge on any atom is -0.495 e. The van der Waals surface area contributed by atoms with Crippen LogP contribution in [0.2, 0.25) is 0 Å². The van der Waals surface area contributed by atoms with E-state index in [-0.39, 0.29) is 5.41 Å². The maximum Gasteiger partial charge on any atom is 0.191 e. The zero-order valence-electron chi connectivity index (χ0n) is 14.5. The van der Waals surface area contributed by atoms with Gasteiger partial charge in [-0.2, -0.15) is 5.10 Å². The Hall–Kier alpha value is -2.40. The molecule has 0 spiro atoms. The molecule has 0 saturated carbocycles. The molecule has 0 atom stereocenters. The van der Waals surface area contributed by atoms with E-state index in [0.29, 0.717) is 5.11 Å². The molecule has 126 valence electrons. The quantitative estimate of drug-likeness (QED) is 0.494. The summed E-state index contributed by atoms with van der Waals surface area (Å²) >= 11 is 5.24. The summed E-state index contributed by atoms with van der Waals surface area (Å²) in [6.45, 7) is 6.58. The Bertz CT molecular complexity index is 718. The Morgan fingerprint density at radius 2 is 1.75 bits per heavy atom. The molecule has 0 heterocycles. The summed E-state index contributed by atoms with van der Waals surface area (Å²) < 4.78 is 5.27. The molecule has 0 radical (unpaired) electrons. The van der Waals surface area contributed by atoms with Gasteiger partial charge in [-0.25, -0.2) is 0 Å². The highest BCUT2D eigenvalue weighted by Crippen LogP contribution is 2.23. The predicted octanol–water partition coefficient (Wildman–Crippen LogP) is 4.31. The van der Waals surface area contributed by atoms with Crippen LogP contribution in [0.5, 0.6) is 5.75 Å². The number of rotatable bonds is 4. The molecule has 2 N–H and O–H groups in total. The molecule has 0 aromatic heterocycles. The lowest BCUT2D eigenvalue weighted by molar-refractivity contribution is 0.417. The van der Waals surface area contributed by atoms with Gasteiger partial charge in [0.25, 0.3) is 0 Å². The minimum absolute atomic E-state index is 0.147. The Morgan fingerprint density at radius 1 is 1.08 bits per heavy atom. The van der Waals surface area contributed by atoms with Gasteiger partial charge in [-0.3, -0.25) is 5.43 Å². The second-order valence-electron chi connectivity index (χ2n) is 6.40. The molecule has 2 aromatic carbocycles. The summed E-state index contributed by atoms with van der Waals surface area (Å²) in [4.78, 5) is 0. The lowest BCUT2D eigenvalue weighted by atomic mass is 9.87. The van der Waals surface area contributed by atoms with Crippen LogP contribution >= 0.6 is 12.2 Å². The lowest BCUT2D eigenvalue weighted by Gasteiger charge is -2.18. The van der Waals surface area contributed by atoms with Crippen molar-refractivity contribution in [1.29, 1.82) is 0 Å². The molecule has 0 saturated heterocycles. The number of nitrogens with one attached hydrogen (secondary N) is 2. The average molecular weight is 341 g/mol. The number of hydrogen-bond acceptors (Lipinski definition) is 3. The molecular weight excluding hydrogens is 318 g/mol. The van der Waals surface area contributed by atoms with E-state index in [4.69, 9.17) is 17.0 Å². The number of nitrogens with zero attached hydrogens (tertiary/aromatic N) is 1. The van der Waals surface area contributed by atoms with Crippen molar-refractivity contribution in [1.82, 2.24) is 5.43 Å². The number of hydrogen-bond donors (Lipinski definition) is 2. The number of methoxy groups -OCH3 is 1. The highest BCUT2D eigenvalue weighted by molar-refractivity contribution is 7.80. The number of anilines is 1. The van der Waals surface area contributed by atoms with Crippen LogP contribution < -0.4 is 15.5 Å². The monoisotopic (exact) mass is 341 g/mol. The van der Waals surface area contributed by atoms with Crippen molar-refractivity contribution in [3.63, 3.8) is 0 Å². The van der Waals surface area contributed by atoms with Gasteiger partial charge in [0.15, 0.2) is 5.11 Å². The third-order valence-electron chi connectivity index (χ3n) is 3.51. The molecule has 0 aliphatic heterocycles. The van der Waals surface area contributed by atoms with Crippen LogP contribution in [0.15, 0.2) is 53.6 Å². The van der Waals surface area contributed by atoms with Crippen LogP contribution in [0.1, 0.15) is 31.9 Å². The van der Waals surface area contributed by atoms with Crippen LogP contribution in [-0.2, 0) is 5.41 Å². The first-order valence-electron chi connectivity index (χ1n) is 7.74. The molecule has 0 unspecified atom stereocenters. The predicted molar refractivity (Wildman–Crippen MR) is 105 cm³/mol. The van der Waals surface area contributed by atoms with Gasteiger partial charge in [0.05, 0.1) is 19.0 Å². The fourth-order valence-corrected chi connectivity index (χ4v) is 2.30. The first-order valence-corrected chi connectivity index (χ1v) is 8.14. The first-order chi connectivity index (χ1) is 11.4. The second kappa shape index (κ2) is 7.93. The van der Waals surface area contributed by atoms with Crippen LogP contribution in [0.3, 0.4) is 0 Å². The van der Waals surface area contributed by atoms with Crippen molar-refractivity contribution >= 4 is 29.2 Å². The Labute approximate surface area is 148 Å². The van der Waals surface area contributed by atoms with Gasteiger partial charge in [-0.15, -0.1) is 0 Å². The fourth-order valence-electron chi connectivity index (χ4n) is 2.13. The van der Waals surface area contributed by atoms with Crippen molar-refractivity contribution in [2.45, 2.75) is 26.2 Å². The lowest BCUT2D eigenvalue weighted by Crippen LogP contribution is -2.24. The molecule has 2 aromatic rings. The van der Waals surface area contributed by atoms with Gasteiger partial charge >= 0.3 is 0 Å². The maximum absolute atomic E-state index is 5.27. The Kier molecular flexibility index (Phi) is 5.93. The fraction of sp³-hybridized carbons (Fsp3) is 0.263. The van der Waals surface area contributed by atoms with Crippen LogP contribution in [0, 0.1) is 0 Å². The van der Waals surface area contributed by atoms with Gasteiger partial charge < -0.3 is 10.1 Å². The number of hydrazone groups is 1. The topological polar surface area (TPSA) is 45.6 Å². The maximum atomic E-state index is 5.27. The largest absolute Gasteiger partial charge is 0.495 e. The Balaban J connectivity index is 1.92. The molecule has 5 heteroatoms. The zero-order chi connectivity index (χ0) is 17.6. The van der Waals surface area contributed by atoms with Gasteiger partial charge in [-0.05, 0) is 40.9 Å². The molecule has 0 bridgehead atoms. The van der Waals surface area contributed by atoms with Gasteiger partial charge in [0, 0.05) is 0 Å². The summed E-state index contributed by atoms with van der Waals surface area (Å²) in [5, 5.41) is 7.63. The van der Waals surface area contributed by atoms with Crippen LogP contribution in [0.4, 0.5) is 5.69 Å². The summed E-state index contributed by atoms with van der Waals surface area (Å²) in [5.74, 6) is 0.725. The molecular formula is C19H23N3OS. The highest BCUT2D eigenvalue weighted by atomic mass is 32.1. The number of ether oxygens (including phenoxy) is 1. The van der Waals surface area contributed by atoms with Gasteiger partial charge in [0.2, 0.25) is 0 Å². The Morgan fingerprint density at radius 3 is 2.38 bits per heavy atom. The normalized spacial score (nSPS) is 11.3. The number of para-hydroxylation sites is 2. The van der Waals surface area contributed by atoms with Crippen molar-refractivity contribution in [2.24, 2.45) is 5.10 Å². The van der Waals surface area contributed by atoms with Crippen LogP contribution in [0.25, 0.3) is 0 Å². The molecule has 0 aliphatic carbocycles. The van der Waals surface area contributed by atoms with E-state index >= 15 is 0 Å². The third-order valence-corrected chi connectivity index (χ3v) is 3.70. The van der Waals surface area contributed by atoms with Crippen molar-refractivity contribution in [3.8, 4) is 5.75 Å². The second-order valence-corrected chi connectivity index (χ2v) is 6.80. The summed E-state index contributed by atoms with van der Waals surface area (Å²) in [6, 6.07) is 15.9. The van der Waals surface area contributed by atoms with E-state index in [1.165, 1.54) is 5.56 Å². The van der Waals surface area contributed by atoms with E-state index < -0.39 is 0 Å². The van der Waals surface area contributed by atoms with E-state index in [1.54, 1.807) is 13.3 Å². The summed E-state index contributed by atoms with van der Waals surface area (Å²) in [7, 11) is 1.62. The van der Waals surface area contributed by atoms with E-state index in [0.717, 1.165) is 17.0 Å². The van der Waals surface area contributed by atoms with Gasteiger partial charge in [0.1, 0.15) is 5.75 Å². The summed E-state index contributed by atoms with van der Waals surface area (Å²) in [5.41, 5.74) is 6.05. The zero-order valence-corrected chi connectivity index (χ0v) is 15.3. The molecule has 2 rings (SSSR count). The highest BCUT2D eigenvalue weighted by Gasteiger charge is 2.12.